The molecule has 0 saturated heterocycles. The molecule has 1 aliphatic heterocycles. The Kier molecular flexibility index (Phi) is 12.4. The summed E-state index contributed by atoms with van der Waals surface area (Å²) >= 11 is 0. The fourth-order valence-electron chi connectivity index (χ4n) is 7.83. The molecule has 294 valence electrons. The highest BCUT2D eigenvalue weighted by molar-refractivity contribution is 5.98. The third-order valence-corrected chi connectivity index (χ3v) is 10.4. The van der Waals surface area contributed by atoms with E-state index in [4.69, 9.17) is 4.98 Å². The smallest absolute Gasteiger partial charge is 0.416 e. The summed E-state index contributed by atoms with van der Waals surface area (Å²) < 4.78 is 43.6. The van der Waals surface area contributed by atoms with E-state index in [2.05, 4.69) is 30.8 Å². The number of allylic oxidation sites excluding steroid dienone is 4. The highest BCUT2D eigenvalue weighted by Crippen LogP contribution is 2.46. The van der Waals surface area contributed by atoms with Gasteiger partial charge in [0.05, 0.1) is 11.1 Å². The quantitative estimate of drug-likeness (QED) is 0.0710. The molecule has 5 rings (SSSR count). The molecule has 0 fully saturated rings. The number of carbonyl (C=O) groups is 3. The maximum absolute atomic E-state index is 14.6. The summed E-state index contributed by atoms with van der Waals surface area (Å²) in [5.74, 6) is -0.750. The molecule has 2 N–H and O–H groups in total. The van der Waals surface area contributed by atoms with Gasteiger partial charge >= 0.3 is 6.18 Å². The molecule has 0 saturated carbocycles. The summed E-state index contributed by atoms with van der Waals surface area (Å²) in [6, 6.07) is 3.24. The Labute approximate surface area is 318 Å². The van der Waals surface area contributed by atoms with Gasteiger partial charge in [-0.3, -0.25) is 19.2 Å². The number of rotatable bonds is 15. The van der Waals surface area contributed by atoms with Crippen molar-refractivity contribution < 1.29 is 32.7 Å². The van der Waals surface area contributed by atoms with Gasteiger partial charge < -0.3 is 19.9 Å². The molecule has 55 heavy (non-hydrogen) atoms. The molecule has 1 atom stereocenters. The van der Waals surface area contributed by atoms with Crippen LogP contribution in [0, 0.1) is 5.92 Å². The zero-order valence-corrected chi connectivity index (χ0v) is 32.0. The van der Waals surface area contributed by atoms with E-state index < -0.39 is 23.1 Å². The van der Waals surface area contributed by atoms with E-state index >= 15 is 0 Å². The lowest BCUT2D eigenvalue weighted by atomic mass is 9.72. The van der Waals surface area contributed by atoms with Crippen molar-refractivity contribution in [3.05, 3.63) is 99.0 Å². The Balaban J connectivity index is 1.57. The number of aliphatic hydroxyl groups is 1. The second kappa shape index (κ2) is 16.6. The van der Waals surface area contributed by atoms with Crippen molar-refractivity contribution in [2.45, 2.75) is 104 Å². The van der Waals surface area contributed by atoms with Crippen LogP contribution >= 0.6 is 0 Å². The van der Waals surface area contributed by atoms with Crippen LogP contribution < -0.4 is 10.9 Å². The lowest BCUT2D eigenvalue weighted by Crippen LogP contribution is -2.36. The van der Waals surface area contributed by atoms with Crippen LogP contribution in [0.25, 0.3) is 11.4 Å². The van der Waals surface area contributed by atoms with Crippen molar-refractivity contribution in [1.29, 1.82) is 0 Å². The molecule has 0 bridgehead atoms. The molecule has 0 spiro atoms. The number of hydrogen-bond donors (Lipinski definition) is 2. The molecule has 14 heteroatoms. The fraction of sp³-hybridized carbons (Fsp3) is 0.463. The zero-order valence-electron chi connectivity index (χ0n) is 32.0. The number of ketones is 1. The molecule has 3 aromatic rings. The summed E-state index contributed by atoms with van der Waals surface area (Å²) in [5, 5.41) is 17.8. The fourth-order valence-corrected chi connectivity index (χ4v) is 7.83. The number of aromatic nitrogens is 4. The zero-order chi connectivity index (χ0) is 40.2. The molecule has 1 unspecified atom stereocenters. The number of anilines is 1. The number of Topliss-reactive ketones (excluding diaryl/α,β-unsaturated/α-hetero) is 1. The van der Waals surface area contributed by atoms with Crippen LogP contribution in [0.2, 0.25) is 0 Å². The summed E-state index contributed by atoms with van der Waals surface area (Å²) in [4.78, 5) is 59.3. The average molecular weight is 763 g/mol. The minimum Gasteiger partial charge on any atom is -0.507 e. The van der Waals surface area contributed by atoms with Gasteiger partial charge in [-0.25, -0.2) is 0 Å². The Bertz CT molecular complexity index is 2140. The number of amides is 2. The van der Waals surface area contributed by atoms with E-state index in [-0.39, 0.29) is 58.9 Å². The maximum atomic E-state index is 14.6. The lowest BCUT2D eigenvalue weighted by molar-refractivity contribution is -0.137. The molecule has 2 amide bonds. The number of nitrogens with zero attached hydrogens (tertiary/aromatic N) is 5. The third-order valence-electron chi connectivity index (χ3n) is 10.4. The van der Waals surface area contributed by atoms with Gasteiger partial charge in [-0.15, -0.1) is 5.10 Å². The number of fused-ring (bicyclic) bond motifs is 2. The Morgan fingerprint density at radius 2 is 1.91 bits per heavy atom. The van der Waals surface area contributed by atoms with E-state index in [0.29, 0.717) is 74.3 Å². The molecular weight excluding hydrogens is 713 g/mol. The first-order valence-corrected chi connectivity index (χ1v) is 18.7. The van der Waals surface area contributed by atoms with Crippen molar-refractivity contribution in [3.63, 3.8) is 0 Å². The van der Waals surface area contributed by atoms with Gasteiger partial charge in [-0.1, -0.05) is 52.5 Å². The van der Waals surface area contributed by atoms with Crippen LogP contribution in [0.5, 0.6) is 0 Å². The number of benzene rings is 1. The van der Waals surface area contributed by atoms with Gasteiger partial charge in [0.1, 0.15) is 12.3 Å². The Morgan fingerprint density at radius 3 is 2.53 bits per heavy atom. The normalized spacial score (nSPS) is 17.7. The van der Waals surface area contributed by atoms with E-state index in [9.17, 15) is 37.5 Å². The number of alkyl halides is 3. The van der Waals surface area contributed by atoms with Gasteiger partial charge in [0.15, 0.2) is 11.6 Å². The predicted octanol–water partition coefficient (Wildman–Crippen LogP) is 7.46. The molecule has 2 aromatic heterocycles. The van der Waals surface area contributed by atoms with Gasteiger partial charge in [0.25, 0.3) is 5.56 Å². The summed E-state index contributed by atoms with van der Waals surface area (Å²) in [5.41, 5.74) is 0.621. The minimum absolute atomic E-state index is 0.00926. The van der Waals surface area contributed by atoms with Gasteiger partial charge in [-0.2, -0.15) is 22.7 Å². The monoisotopic (exact) mass is 762 g/mol. The van der Waals surface area contributed by atoms with E-state index in [1.165, 1.54) is 16.7 Å². The van der Waals surface area contributed by atoms with E-state index in [0.717, 1.165) is 24.1 Å². The van der Waals surface area contributed by atoms with Crippen molar-refractivity contribution in [2.24, 2.45) is 5.92 Å². The Morgan fingerprint density at radius 1 is 1.16 bits per heavy atom. The second-order valence-electron chi connectivity index (χ2n) is 15.2. The van der Waals surface area contributed by atoms with Gasteiger partial charge in [0, 0.05) is 41.9 Å². The average Bonchev–Trinajstić information content (AvgIpc) is 3.74. The number of hydrogen-bond acceptors (Lipinski definition) is 7. The van der Waals surface area contributed by atoms with E-state index in [1.807, 2.05) is 6.08 Å². The van der Waals surface area contributed by atoms with Gasteiger partial charge in [-0.05, 0) is 92.7 Å². The number of aliphatic hydroxyl groups excluding tert-OH is 1. The SMILES string of the molecule is C=C(C(=O)CCCC1(CC(C)C)CCc2c1c(=O)n1nc(C3=CCN(C=O)CC3)nc1n2CC(=O)Nc1ccc(C(F)(F)F)cc1C(C)C)/C(O)=C\C=C/C. The first-order valence-electron chi connectivity index (χ1n) is 18.7. The lowest BCUT2D eigenvalue weighted by Gasteiger charge is -2.32. The van der Waals surface area contributed by atoms with Crippen molar-refractivity contribution >= 4 is 35.1 Å². The summed E-state index contributed by atoms with van der Waals surface area (Å²) in [7, 11) is 0. The molecule has 3 heterocycles. The number of nitrogens with one attached hydrogen (secondary N) is 1. The van der Waals surface area contributed by atoms with Gasteiger partial charge in [0.2, 0.25) is 18.1 Å². The molecule has 2 aliphatic rings. The largest absolute Gasteiger partial charge is 0.507 e. The van der Waals surface area contributed by atoms with Crippen LogP contribution in [0.4, 0.5) is 18.9 Å². The van der Waals surface area contributed by atoms with Crippen molar-refractivity contribution in [1.82, 2.24) is 24.1 Å². The van der Waals surface area contributed by atoms with Crippen LogP contribution in [0.15, 0.2) is 65.2 Å². The first-order chi connectivity index (χ1) is 26.0. The summed E-state index contributed by atoms with van der Waals surface area (Å²) in [6.45, 7) is 13.7. The highest BCUT2D eigenvalue weighted by atomic mass is 19.4. The predicted molar refractivity (Wildman–Crippen MR) is 205 cm³/mol. The second-order valence-corrected chi connectivity index (χ2v) is 15.2. The maximum Gasteiger partial charge on any atom is 0.416 e. The van der Waals surface area contributed by atoms with Crippen LogP contribution in [-0.2, 0) is 38.9 Å². The van der Waals surface area contributed by atoms with Crippen LogP contribution in [0.1, 0.15) is 107 Å². The van der Waals surface area contributed by atoms with Crippen molar-refractivity contribution in [2.75, 3.05) is 18.4 Å². The van der Waals surface area contributed by atoms with Crippen LogP contribution in [-0.4, -0.2) is 60.4 Å². The number of carbonyl (C=O) groups excluding carboxylic acids is 3. The third kappa shape index (κ3) is 8.84. The molecule has 1 aliphatic carbocycles. The molecule has 11 nitrogen and oxygen atoms in total. The van der Waals surface area contributed by atoms with Crippen molar-refractivity contribution in [3.8, 4) is 0 Å². The van der Waals surface area contributed by atoms with Crippen LogP contribution in [0.3, 0.4) is 0 Å². The Hall–Kier alpha value is -5.27. The highest BCUT2D eigenvalue weighted by Gasteiger charge is 2.44. The molecule has 1 aromatic carbocycles. The minimum atomic E-state index is -4.55. The topological polar surface area (TPSA) is 139 Å². The standard InChI is InChI=1S/C41H49F3N6O5/c1-7-8-10-33(52)27(6)34(53)11-9-17-40(22-25(2)3)18-14-32-36(40)38(55)50-39(46-37(47-50)28-15-19-48(24-51)20-16-28)49(32)23-35(54)45-31-13-12-29(41(42,43)44)21-30(31)26(4)5/h7-8,10,12-13,15,21,24-26,52H,6,9,11,14,16-20,22-23H2,1-5H3,(H,45,54)/b8-7-,33-10+. The van der Waals surface area contributed by atoms with E-state index in [1.54, 1.807) is 42.4 Å². The first kappa shape index (κ1) is 40.9. The molecule has 0 radical (unpaired) electrons. The number of halogens is 3. The molecular formula is C41H49F3N6O5. The summed E-state index contributed by atoms with van der Waals surface area (Å²) in [6.07, 6.45) is 5.86.